The third-order valence-electron chi connectivity index (χ3n) is 4.14. The first kappa shape index (κ1) is 22.1. The summed E-state index contributed by atoms with van der Waals surface area (Å²) in [5, 5.41) is 14.2. The molecule has 0 unspecified atom stereocenters. The summed E-state index contributed by atoms with van der Waals surface area (Å²) in [7, 11) is 1.38. The number of aliphatic hydroxyl groups is 1. The van der Waals surface area contributed by atoms with Crippen LogP contribution in [0.3, 0.4) is 0 Å². The van der Waals surface area contributed by atoms with E-state index < -0.39 is 36.0 Å². The minimum atomic E-state index is -1.60. The van der Waals surface area contributed by atoms with Crippen LogP contribution in [0.15, 0.2) is 9.98 Å². The van der Waals surface area contributed by atoms with Gasteiger partial charge in [0.2, 0.25) is 11.9 Å². The maximum Gasteiger partial charge on any atom is 0.318 e. The number of hydrogen-bond donors (Lipinski definition) is 7. The summed E-state index contributed by atoms with van der Waals surface area (Å²) in [6.45, 7) is -0.505. The van der Waals surface area contributed by atoms with Gasteiger partial charge in [-0.3, -0.25) is 25.2 Å². The van der Waals surface area contributed by atoms with Crippen molar-refractivity contribution in [2.45, 2.75) is 30.8 Å². The molecule has 0 spiro atoms. The smallest absolute Gasteiger partial charge is 0.318 e. The molecule has 13 nitrogen and oxygen atoms in total. The van der Waals surface area contributed by atoms with Crippen molar-refractivity contribution in [2.75, 3.05) is 26.7 Å². The molecule has 0 saturated carbocycles. The highest BCUT2D eigenvalue weighted by atomic mass is 16.3. The molecule has 0 aromatic heterocycles. The first-order valence-corrected chi connectivity index (χ1v) is 8.23. The normalized spacial score (nSPS) is 20.1. The third kappa shape index (κ3) is 6.07. The van der Waals surface area contributed by atoms with Crippen molar-refractivity contribution in [3.8, 4) is 0 Å². The highest BCUT2D eigenvalue weighted by Gasteiger charge is 2.47. The molecule has 2 atom stereocenters. The number of amides is 4. The molecule has 152 valence electrons. The number of hydrogen-bond acceptors (Lipinski definition) is 7. The number of guanidine groups is 2. The van der Waals surface area contributed by atoms with Crippen molar-refractivity contribution >= 4 is 29.8 Å². The lowest BCUT2D eigenvalue weighted by molar-refractivity contribution is -0.148. The predicted octanol–water partition coefficient (Wildman–Crippen LogP) is -3.90. The molecule has 0 fully saturated rings. The average Bonchev–Trinajstić information content (AvgIpc) is 2.58. The Kier molecular flexibility index (Phi) is 7.93. The Morgan fingerprint density at radius 2 is 2.11 bits per heavy atom. The van der Waals surface area contributed by atoms with Crippen LogP contribution < -0.4 is 33.6 Å². The largest absolute Gasteiger partial charge is 0.393 e. The van der Waals surface area contributed by atoms with E-state index in [2.05, 4.69) is 20.6 Å². The van der Waals surface area contributed by atoms with E-state index in [4.69, 9.17) is 22.9 Å². The van der Waals surface area contributed by atoms with E-state index in [9.17, 15) is 19.5 Å². The fourth-order valence-electron chi connectivity index (χ4n) is 2.48. The van der Waals surface area contributed by atoms with Gasteiger partial charge in [0.1, 0.15) is 0 Å². The second kappa shape index (κ2) is 9.68. The topological polar surface area (TPSA) is 228 Å². The molecule has 11 N–H and O–H groups in total. The van der Waals surface area contributed by atoms with Gasteiger partial charge in [-0.2, -0.15) is 0 Å². The van der Waals surface area contributed by atoms with Crippen molar-refractivity contribution in [1.29, 1.82) is 0 Å². The molecule has 27 heavy (non-hydrogen) atoms. The van der Waals surface area contributed by atoms with Gasteiger partial charge in [0, 0.05) is 26.1 Å². The lowest BCUT2D eigenvalue weighted by Crippen LogP contribution is -2.68. The van der Waals surface area contributed by atoms with Crippen LogP contribution in [0, 0.1) is 0 Å². The maximum atomic E-state index is 12.5. The maximum absolute atomic E-state index is 12.5. The number of nitrogens with one attached hydrogen (secondary N) is 2. The predicted molar refractivity (Wildman–Crippen MR) is 98.3 cm³/mol. The van der Waals surface area contributed by atoms with Crippen LogP contribution >= 0.6 is 0 Å². The minimum absolute atomic E-state index is 0.0154. The van der Waals surface area contributed by atoms with E-state index >= 15 is 0 Å². The lowest BCUT2D eigenvalue weighted by Gasteiger charge is -2.40. The fraction of sp³-hybridized carbons (Fsp3) is 0.643. The average molecular weight is 385 g/mol. The molecule has 0 radical (unpaired) electrons. The molecular weight excluding hydrogens is 358 g/mol. The molecule has 1 heterocycles. The molecular formula is C14H27N9O4. The Labute approximate surface area is 156 Å². The quantitative estimate of drug-likeness (QED) is 0.125. The number of aliphatic hydroxyl groups excluding tert-OH is 1. The van der Waals surface area contributed by atoms with E-state index in [1.807, 2.05) is 0 Å². The van der Waals surface area contributed by atoms with Crippen LogP contribution in [0.4, 0.5) is 4.79 Å². The lowest BCUT2D eigenvalue weighted by atomic mass is 9.95. The summed E-state index contributed by atoms with van der Waals surface area (Å²) in [4.78, 5) is 44.7. The Morgan fingerprint density at radius 1 is 1.44 bits per heavy atom. The molecule has 1 rings (SSSR count). The number of aliphatic imine (C=N–C) groups is 2. The summed E-state index contributed by atoms with van der Waals surface area (Å²) >= 11 is 0. The zero-order chi connectivity index (χ0) is 20.6. The van der Waals surface area contributed by atoms with E-state index in [0.717, 1.165) is 4.90 Å². The van der Waals surface area contributed by atoms with E-state index in [1.165, 1.54) is 7.05 Å². The molecule has 0 aromatic rings. The number of likely N-dealkylation sites (N-methyl/N-ethyl adjacent to an activating group) is 1. The summed E-state index contributed by atoms with van der Waals surface area (Å²) < 4.78 is 0. The number of primary amides is 1. The standard InChI is InChI=1S/C14H27N9O4/c1-23(9(25)5-8(15)3-2-4-19-11(16)17)14(7-24)6-20-13(21-10(14)26)22-12(18)27/h8,24H,2-7,15H2,1H3,(H4,16,17,19)(H4,18,20,21,22,26,27)/t8-,14+/m0/s1. The molecule has 1 aliphatic rings. The summed E-state index contributed by atoms with van der Waals surface area (Å²) in [6.07, 6.45) is 1.05. The number of nitrogens with zero attached hydrogens (tertiary/aromatic N) is 3. The molecule has 13 heteroatoms. The molecule has 0 bridgehead atoms. The Morgan fingerprint density at radius 3 is 2.63 bits per heavy atom. The number of rotatable bonds is 8. The second-order valence-electron chi connectivity index (χ2n) is 6.16. The van der Waals surface area contributed by atoms with Crippen LogP contribution in [0.25, 0.3) is 0 Å². The van der Waals surface area contributed by atoms with Gasteiger partial charge in [0.15, 0.2) is 11.5 Å². The van der Waals surface area contributed by atoms with Gasteiger partial charge in [0.25, 0.3) is 5.91 Å². The van der Waals surface area contributed by atoms with Crippen LogP contribution in [-0.2, 0) is 9.59 Å². The van der Waals surface area contributed by atoms with Gasteiger partial charge in [-0.25, -0.2) is 9.79 Å². The van der Waals surface area contributed by atoms with Gasteiger partial charge in [-0.15, -0.1) is 0 Å². The van der Waals surface area contributed by atoms with Crippen LogP contribution in [0.5, 0.6) is 0 Å². The summed E-state index contributed by atoms with van der Waals surface area (Å²) in [6, 6.07) is -1.37. The molecule has 4 amide bonds. The zero-order valence-corrected chi connectivity index (χ0v) is 15.1. The first-order chi connectivity index (χ1) is 12.6. The summed E-state index contributed by atoms with van der Waals surface area (Å²) in [5.74, 6) is -1.29. The van der Waals surface area contributed by atoms with Gasteiger partial charge in [-0.05, 0) is 12.8 Å². The minimum Gasteiger partial charge on any atom is -0.393 e. The van der Waals surface area contributed by atoms with E-state index in [-0.39, 0.29) is 24.9 Å². The number of urea groups is 1. The summed E-state index contributed by atoms with van der Waals surface area (Å²) in [5.41, 5.74) is 19.8. The van der Waals surface area contributed by atoms with Gasteiger partial charge in [0.05, 0.1) is 13.2 Å². The van der Waals surface area contributed by atoms with E-state index in [0.29, 0.717) is 19.4 Å². The molecule has 0 saturated heterocycles. The fourth-order valence-corrected chi connectivity index (χ4v) is 2.48. The number of nitrogens with two attached hydrogens (primary N) is 4. The Hall–Kier alpha value is -2.93. The Balaban J connectivity index is 2.71. The monoisotopic (exact) mass is 385 g/mol. The third-order valence-corrected chi connectivity index (χ3v) is 4.14. The van der Waals surface area contributed by atoms with Crippen LogP contribution in [-0.4, -0.2) is 78.1 Å². The van der Waals surface area contributed by atoms with Crippen molar-refractivity contribution in [1.82, 2.24) is 15.5 Å². The van der Waals surface area contributed by atoms with Crippen LogP contribution in [0.1, 0.15) is 19.3 Å². The molecule has 0 aliphatic carbocycles. The van der Waals surface area contributed by atoms with E-state index in [1.54, 1.807) is 0 Å². The van der Waals surface area contributed by atoms with Gasteiger partial charge in [-0.1, -0.05) is 0 Å². The highest BCUT2D eigenvalue weighted by Crippen LogP contribution is 2.19. The molecule has 1 aliphatic heterocycles. The van der Waals surface area contributed by atoms with Crippen molar-refractivity contribution in [3.63, 3.8) is 0 Å². The van der Waals surface area contributed by atoms with Gasteiger partial charge < -0.3 is 32.9 Å². The number of carbonyl (C=O) groups is 3. The van der Waals surface area contributed by atoms with Crippen molar-refractivity contribution < 1.29 is 19.5 Å². The first-order valence-electron chi connectivity index (χ1n) is 8.23. The van der Waals surface area contributed by atoms with Gasteiger partial charge >= 0.3 is 6.03 Å². The van der Waals surface area contributed by atoms with Crippen LogP contribution in [0.2, 0.25) is 0 Å². The SMILES string of the molecule is CN(C(=O)C[C@@H](N)CCCN=C(N)N)[C@@]1(CO)CN=C(NC(N)=O)NC1=O. The molecule has 0 aromatic carbocycles. The zero-order valence-electron chi connectivity index (χ0n) is 15.1. The number of carbonyl (C=O) groups excluding carboxylic acids is 3. The second-order valence-corrected chi connectivity index (χ2v) is 6.16. The van der Waals surface area contributed by atoms with Crippen molar-refractivity contribution in [2.24, 2.45) is 32.9 Å². The Bertz CT molecular complexity index is 632. The highest BCUT2D eigenvalue weighted by molar-refractivity contribution is 6.09. The van der Waals surface area contributed by atoms with Crippen molar-refractivity contribution in [3.05, 3.63) is 0 Å².